The number of hydrogen-bond donors (Lipinski definition) is 2. The number of carbonyl (C=O) groups excluding carboxylic acids is 1. The Bertz CT molecular complexity index is 1190. The number of nitrogens with one attached hydrogen (secondary N) is 1. The number of nitrogens with two attached hydrogens (primary N) is 1. The minimum atomic E-state index is -4.93. The van der Waals surface area contributed by atoms with Gasteiger partial charge in [0.1, 0.15) is 0 Å². The minimum absolute atomic E-state index is 0.0911. The lowest BCUT2D eigenvalue weighted by Gasteiger charge is -2.14. The van der Waals surface area contributed by atoms with Gasteiger partial charge in [-0.1, -0.05) is 11.6 Å². The fourth-order valence-electron chi connectivity index (χ4n) is 2.47. The smallest absolute Gasteiger partial charge is 0.341 e. The lowest BCUT2D eigenvalue weighted by molar-refractivity contribution is 0.0937. The largest absolute Gasteiger partial charge is 0.366 e. The molecule has 0 unspecified atom stereocenters. The van der Waals surface area contributed by atoms with Gasteiger partial charge in [-0.2, -0.15) is 18.4 Å². The summed E-state index contributed by atoms with van der Waals surface area (Å²) in [5.41, 5.74) is 5.41. The first-order valence-electron chi connectivity index (χ1n) is 8.23. The number of amides is 1. The van der Waals surface area contributed by atoms with Gasteiger partial charge in [-0.15, -0.1) is 5.10 Å². The predicted octanol–water partition coefficient (Wildman–Crippen LogP) is 1.78. The molecule has 10 nitrogen and oxygen atoms in total. The average Bonchev–Trinajstić information content (AvgIpc) is 3.10. The Morgan fingerprint density at radius 3 is 2.53 bits per heavy atom. The number of alkyl halides is 2. The third-order valence-corrected chi connectivity index (χ3v) is 5.40. The summed E-state index contributed by atoms with van der Waals surface area (Å²) < 4.78 is 50.3. The van der Waals surface area contributed by atoms with E-state index in [9.17, 15) is 22.0 Å². The summed E-state index contributed by atoms with van der Waals surface area (Å²) in [5, 5.41) is 6.35. The molecular weight excluding hydrogens is 444 g/mol. The SMILES string of the molecule is C[C@H](NC(=O)c1cc(Cl)cc(S(=O)(=O)C(F)F)c1)c1nc(N)nn1-c1ncccn1. The van der Waals surface area contributed by atoms with Crippen LogP contribution in [0.15, 0.2) is 41.6 Å². The number of aromatic nitrogens is 5. The summed E-state index contributed by atoms with van der Waals surface area (Å²) in [6.45, 7) is 1.56. The Morgan fingerprint density at radius 2 is 1.90 bits per heavy atom. The molecule has 0 saturated heterocycles. The van der Waals surface area contributed by atoms with Gasteiger partial charge in [0.15, 0.2) is 5.82 Å². The van der Waals surface area contributed by atoms with E-state index in [0.717, 1.165) is 18.2 Å². The average molecular weight is 458 g/mol. The molecule has 0 aliphatic carbocycles. The topological polar surface area (TPSA) is 146 Å². The van der Waals surface area contributed by atoms with Crippen LogP contribution in [-0.2, 0) is 9.84 Å². The molecule has 158 valence electrons. The fourth-order valence-corrected chi connectivity index (χ4v) is 3.56. The molecule has 3 N–H and O–H groups in total. The maximum Gasteiger partial charge on any atom is 0.341 e. The number of anilines is 1. The molecule has 30 heavy (non-hydrogen) atoms. The summed E-state index contributed by atoms with van der Waals surface area (Å²) in [4.78, 5) is 24.0. The molecule has 0 radical (unpaired) electrons. The van der Waals surface area contributed by atoms with Crippen molar-refractivity contribution in [1.29, 1.82) is 0 Å². The molecule has 1 atom stereocenters. The number of halogens is 3. The fraction of sp³-hybridized carbons (Fsp3) is 0.188. The molecule has 0 saturated carbocycles. The van der Waals surface area contributed by atoms with Crippen molar-refractivity contribution in [2.45, 2.75) is 23.6 Å². The van der Waals surface area contributed by atoms with Crippen LogP contribution < -0.4 is 11.1 Å². The Morgan fingerprint density at radius 1 is 1.23 bits per heavy atom. The molecule has 0 bridgehead atoms. The van der Waals surface area contributed by atoms with Crippen LogP contribution in [0, 0.1) is 0 Å². The molecule has 0 aliphatic rings. The van der Waals surface area contributed by atoms with Crippen molar-refractivity contribution >= 4 is 33.3 Å². The maximum absolute atomic E-state index is 12.8. The molecular formula is C16H14ClF2N7O3S. The van der Waals surface area contributed by atoms with Crippen molar-refractivity contribution in [3.63, 3.8) is 0 Å². The van der Waals surface area contributed by atoms with Gasteiger partial charge in [0, 0.05) is 23.0 Å². The molecule has 3 rings (SSSR count). The number of rotatable bonds is 6. The predicted molar refractivity (Wildman–Crippen MR) is 102 cm³/mol. The minimum Gasteiger partial charge on any atom is -0.366 e. The van der Waals surface area contributed by atoms with E-state index in [0.29, 0.717) is 0 Å². The monoisotopic (exact) mass is 457 g/mol. The lowest BCUT2D eigenvalue weighted by Crippen LogP contribution is -2.29. The molecule has 0 spiro atoms. The van der Waals surface area contributed by atoms with E-state index in [1.54, 1.807) is 13.0 Å². The third kappa shape index (κ3) is 4.36. The molecule has 1 aromatic carbocycles. The van der Waals surface area contributed by atoms with Gasteiger partial charge in [0.05, 0.1) is 10.9 Å². The van der Waals surface area contributed by atoms with Crippen molar-refractivity contribution in [2.75, 3.05) is 5.73 Å². The van der Waals surface area contributed by atoms with Gasteiger partial charge in [0.25, 0.3) is 11.9 Å². The van der Waals surface area contributed by atoms with Crippen LogP contribution in [0.25, 0.3) is 5.95 Å². The zero-order valence-corrected chi connectivity index (χ0v) is 16.8. The van der Waals surface area contributed by atoms with E-state index in [1.165, 1.54) is 17.1 Å². The van der Waals surface area contributed by atoms with Gasteiger partial charge in [0.2, 0.25) is 15.8 Å². The van der Waals surface area contributed by atoms with Crippen molar-refractivity contribution < 1.29 is 22.0 Å². The second kappa shape index (κ2) is 8.28. The first-order valence-corrected chi connectivity index (χ1v) is 10.2. The molecule has 1 amide bonds. The standard InChI is InChI=1S/C16H14ClF2N7O3S/c1-8(12-24-15(20)25-26(12)16-21-3-2-4-22-16)23-13(27)9-5-10(17)7-11(6-9)30(28,29)14(18)19/h2-8,14H,1H3,(H2,20,25)(H,23,27)/t8-/m0/s1. The number of hydrogen-bond acceptors (Lipinski definition) is 8. The van der Waals surface area contributed by atoms with Crippen molar-refractivity contribution in [1.82, 2.24) is 30.0 Å². The van der Waals surface area contributed by atoms with E-state index in [-0.39, 0.29) is 28.3 Å². The van der Waals surface area contributed by atoms with Gasteiger partial charge in [-0.3, -0.25) is 4.79 Å². The molecule has 0 fully saturated rings. The summed E-state index contributed by atoms with van der Waals surface area (Å²) >= 11 is 5.82. The summed E-state index contributed by atoms with van der Waals surface area (Å²) in [7, 11) is -4.93. The zero-order chi connectivity index (χ0) is 22.1. The number of nitrogen functional groups attached to an aromatic ring is 1. The van der Waals surface area contributed by atoms with Crippen molar-refractivity contribution in [3.05, 3.63) is 53.1 Å². The molecule has 0 aliphatic heterocycles. The number of nitrogens with zero attached hydrogens (tertiary/aromatic N) is 5. The first-order chi connectivity index (χ1) is 14.1. The first kappa shape index (κ1) is 21.5. The van der Waals surface area contributed by atoms with E-state index in [1.807, 2.05) is 0 Å². The number of sulfone groups is 1. The van der Waals surface area contributed by atoms with Crippen LogP contribution in [0.3, 0.4) is 0 Å². The second-order valence-electron chi connectivity index (χ2n) is 5.97. The van der Waals surface area contributed by atoms with E-state index in [2.05, 4.69) is 25.4 Å². The normalized spacial score (nSPS) is 12.7. The second-order valence-corrected chi connectivity index (χ2v) is 8.32. The lowest BCUT2D eigenvalue weighted by atomic mass is 10.2. The zero-order valence-electron chi connectivity index (χ0n) is 15.2. The van der Waals surface area contributed by atoms with Gasteiger partial charge in [-0.05, 0) is 31.2 Å². The Balaban J connectivity index is 1.90. The van der Waals surface area contributed by atoms with Gasteiger partial charge < -0.3 is 11.1 Å². The summed E-state index contributed by atoms with van der Waals surface area (Å²) in [6, 6.07) is 3.61. The Kier molecular flexibility index (Phi) is 5.94. The van der Waals surface area contributed by atoms with Crippen LogP contribution in [0.4, 0.5) is 14.7 Å². The van der Waals surface area contributed by atoms with Crippen molar-refractivity contribution in [2.24, 2.45) is 0 Å². The van der Waals surface area contributed by atoms with Gasteiger partial charge in [-0.25, -0.2) is 18.4 Å². The molecule has 3 aromatic rings. The van der Waals surface area contributed by atoms with E-state index < -0.39 is 32.4 Å². The van der Waals surface area contributed by atoms with Crippen LogP contribution >= 0.6 is 11.6 Å². The van der Waals surface area contributed by atoms with E-state index >= 15 is 0 Å². The highest BCUT2D eigenvalue weighted by Crippen LogP contribution is 2.24. The quantitative estimate of drug-likeness (QED) is 0.569. The summed E-state index contributed by atoms with van der Waals surface area (Å²) in [5.74, 6) is -4.18. The third-order valence-electron chi connectivity index (χ3n) is 3.82. The van der Waals surface area contributed by atoms with Crippen LogP contribution in [0.1, 0.15) is 29.1 Å². The van der Waals surface area contributed by atoms with Crippen LogP contribution in [0.5, 0.6) is 0 Å². The molecule has 2 aromatic heterocycles. The highest BCUT2D eigenvalue weighted by Gasteiger charge is 2.28. The number of benzene rings is 1. The van der Waals surface area contributed by atoms with Crippen molar-refractivity contribution in [3.8, 4) is 5.95 Å². The van der Waals surface area contributed by atoms with Gasteiger partial charge >= 0.3 is 5.76 Å². The number of carbonyl (C=O) groups is 1. The van der Waals surface area contributed by atoms with Crippen LogP contribution in [-0.4, -0.2) is 44.8 Å². The Labute approximate surface area is 174 Å². The summed E-state index contributed by atoms with van der Waals surface area (Å²) in [6.07, 6.45) is 2.95. The van der Waals surface area contributed by atoms with Crippen LogP contribution in [0.2, 0.25) is 5.02 Å². The molecule has 14 heteroatoms. The Hall–Kier alpha value is -3.19. The maximum atomic E-state index is 12.8. The highest BCUT2D eigenvalue weighted by molar-refractivity contribution is 7.91. The highest BCUT2D eigenvalue weighted by atomic mass is 35.5. The van der Waals surface area contributed by atoms with E-state index in [4.69, 9.17) is 17.3 Å². The molecule has 2 heterocycles.